The number of hydrogen-bond acceptors (Lipinski definition) is 5. The van der Waals surface area contributed by atoms with Crippen LogP contribution in [0.3, 0.4) is 0 Å². The molecule has 35 heavy (non-hydrogen) atoms. The third-order valence-corrected chi connectivity index (χ3v) is 6.68. The molecule has 1 fully saturated rings. The summed E-state index contributed by atoms with van der Waals surface area (Å²) in [7, 11) is 0. The zero-order valence-electron chi connectivity index (χ0n) is 19.7. The first-order valence-corrected chi connectivity index (χ1v) is 12.4. The minimum absolute atomic E-state index is 0.0978. The molecule has 0 aliphatic carbocycles. The van der Waals surface area contributed by atoms with E-state index < -0.39 is 0 Å². The molecule has 0 saturated carbocycles. The Morgan fingerprint density at radius 2 is 1.66 bits per heavy atom. The van der Waals surface area contributed by atoms with Gasteiger partial charge in [0.2, 0.25) is 0 Å². The standard InChI is InChI=1S/C28H27FN2O3S/c1-3-30(4-2)24-15-12-22(25(17-24)34-19-21-8-6-5-7-9-21)16-26-27(32)31(28(33)35-26)18-20-10-13-23(29)14-11-20/h5-17H,3-4,18-19H2,1-2H3/b26-16-. The van der Waals surface area contributed by atoms with E-state index in [9.17, 15) is 14.0 Å². The number of hydrogen-bond donors (Lipinski definition) is 0. The summed E-state index contributed by atoms with van der Waals surface area (Å²) in [5.74, 6) is -0.0892. The lowest BCUT2D eigenvalue weighted by molar-refractivity contribution is -0.123. The van der Waals surface area contributed by atoms with Crippen LogP contribution in [-0.2, 0) is 17.9 Å². The third-order valence-electron chi connectivity index (χ3n) is 5.78. The predicted molar refractivity (Wildman–Crippen MR) is 139 cm³/mol. The van der Waals surface area contributed by atoms with Crippen molar-refractivity contribution in [2.45, 2.75) is 27.0 Å². The number of imide groups is 1. The summed E-state index contributed by atoms with van der Waals surface area (Å²) in [6.45, 7) is 6.39. The van der Waals surface area contributed by atoms with Gasteiger partial charge in [-0.25, -0.2) is 4.39 Å². The van der Waals surface area contributed by atoms with Crippen molar-refractivity contribution >= 4 is 34.7 Å². The SMILES string of the molecule is CCN(CC)c1ccc(/C=C2\SC(=O)N(Cc3ccc(F)cc3)C2=O)c(OCc2ccccc2)c1. The molecule has 3 aromatic carbocycles. The Morgan fingerprint density at radius 3 is 2.34 bits per heavy atom. The second-order valence-corrected chi connectivity index (χ2v) is 9.06. The van der Waals surface area contributed by atoms with E-state index in [1.54, 1.807) is 18.2 Å². The first-order valence-electron chi connectivity index (χ1n) is 11.5. The molecule has 0 bridgehead atoms. The van der Waals surface area contributed by atoms with Crippen LogP contribution in [0.5, 0.6) is 5.75 Å². The summed E-state index contributed by atoms with van der Waals surface area (Å²) in [5.41, 5.74) is 3.47. The lowest BCUT2D eigenvalue weighted by atomic mass is 10.1. The number of anilines is 1. The molecule has 0 atom stereocenters. The molecule has 7 heteroatoms. The van der Waals surface area contributed by atoms with E-state index in [1.807, 2.05) is 48.5 Å². The predicted octanol–water partition coefficient (Wildman–Crippen LogP) is 6.49. The zero-order valence-corrected chi connectivity index (χ0v) is 20.6. The highest BCUT2D eigenvalue weighted by molar-refractivity contribution is 8.18. The van der Waals surface area contributed by atoms with Crippen LogP contribution in [0.1, 0.15) is 30.5 Å². The van der Waals surface area contributed by atoms with Crippen LogP contribution in [0.15, 0.2) is 77.7 Å². The average Bonchev–Trinajstić information content (AvgIpc) is 3.13. The smallest absolute Gasteiger partial charge is 0.293 e. The Kier molecular flexibility index (Phi) is 7.87. The lowest BCUT2D eigenvalue weighted by Crippen LogP contribution is -2.27. The van der Waals surface area contributed by atoms with Gasteiger partial charge in [0.15, 0.2) is 0 Å². The highest BCUT2D eigenvalue weighted by Gasteiger charge is 2.35. The number of rotatable bonds is 9. The molecule has 1 aliphatic heterocycles. The second kappa shape index (κ2) is 11.2. The molecule has 3 aromatic rings. The fraction of sp³-hybridized carbons (Fsp3) is 0.214. The Morgan fingerprint density at radius 1 is 0.943 bits per heavy atom. The third kappa shape index (κ3) is 5.92. The van der Waals surface area contributed by atoms with Gasteiger partial charge < -0.3 is 9.64 Å². The molecule has 0 spiro atoms. The number of carbonyl (C=O) groups is 2. The number of ether oxygens (including phenoxy) is 1. The van der Waals surface area contributed by atoms with Gasteiger partial charge in [0.05, 0.1) is 11.4 Å². The number of carbonyl (C=O) groups excluding carboxylic acids is 2. The first kappa shape index (κ1) is 24.5. The molecule has 2 amide bonds. The molecule has 1 saturated heterocycles. The Bertz CT molecular complexity index is 1220. The lowest BCUT2D eigenvalue weighted by Gasteiger charge is -2.22. The molecular weight excluding hydrogens is 463 g/mol. The Hall–Kier alpha value is -3.58. The Labute approximate surface area is 209 Å². The quantitative estimate of drug-likeness (QED) is 0.321. The van der Waals surface area contributed by atoms with Crippen LogP contribution >= 0.6 is 11.8 Å². The van der Waals surface area contributed by atoms with E-state index in [0.717, 1.165) is 41.7 Å². The van der Waals surface area contributed by atoms with Crippen molar-refractivity contribution in [3.05, 3.63) is 100 Å². The van der Waals surface area contributed by atoms with Gasteiger partial charge in [0, 0.05) is 30.4 Å². The van der Waals surface area contributed by atoms with Crippen LogP contribution < -0.4 is 9.64 Å². The van der Waals surface area contributed by atoms with E-state index in [1.165, 1.54) is 17.0 Å². The van der Waals surface area contributed by atoms with Gasteiger partial charge in [-0.15, -0.1) is 0 Å². The van der Waals surface area contributed by atoms with E-state index in [4.69, 9.17) is 4.74 Å². The molecule has 0 aromatic heterocycles. The van der Waals surface area contributed by atoms with Crippen LogP contribution in [0.25, 0.3) is 6.08 Å². The second-order valence-electron chi connectivity index (χ2n) is 8.06. The molecule has 1 heterocycles. The summed E-state index contributed by atoms with van der Waals surface area (Å²) in [6, 6.07) is 21.5. The van der Waals surface area contributed by atoms with Gasteiger partial charge >= 0.3 is 0 Å². The van der Waals surface area contributed by atoms with Gasteiger partial charge in [-0.3, -0.25) is 14.5 Å². The molecule has 0 unspecified atom stereocenters. The van der Waals surface area contributed by atoms with Crippen molar-refractivity contribution in [2.24, 2.45) is 0 Å². The molecular formula is C28H27FN2O3S. The van der Waals surface area contributed by atoms with Crippen molar-refractivity contribution in [2.75, 3.05) is 18.0 Å². The van der Waals surface area contributed by atoms with Crippen LogP contribution in [0.4, 0.5) is 14.9 Å². The number of nitrogens with zero attached hydrogens (tertiary/aromatic N) is 2. The minimum atomic E-state index is -0.369. The van der Waals surface area contributed by atoms with Gasteiger partial charge in [0.1, 0.15) is 18.2 Å². The summed E-state index contributed by atoms with van der Waals surface area (Å²) in [6.07, 6.45) is 1.71. The van der Waals surface area contributed by atoms with Crippen molar-refractivity contribution in [1.29, 1.82) is 0 Å². The molecule has 1 aliphatic rings. The largest absolute Gasteiger partial charge is 0.488 e. The summed E-state index contributed by atoms with van der Waals surface area (Å²) < 4.78 is 19.4. The first-order chi connectivity index (χ1) is 17.0. The summed E-state index contributed by atoms with van der Waals surface area (Å²) in [4.78, 5) is 29.4. The van der Waals surface area contributed by atoms with Crippen molar-refractivity contribution < 1.29 is 18.7 Å². The van der Waals surface area contributed by atoms with E-state index in [2.05, 4.69) is 18.7 Å². The maximum Gasteiger partial charge on any atom is 0.293 e. The number of amides is 2. The van der Waals surface area contributed by atoms with Crippen LogP contribution in [-0.4, -0.2) is 29.1 Å². The van der Waals surface area contributed by atoms with Crippen molar-refractivity contribution in [3.63, 3.8) is 0 Å². The summed E-state index contributed by atoms with van der Waals surface area (Å²) >= 11 is 0.900. The number of thioether (sulfide) groups is 1. The molecule has 0 radical (unpaired) electrons. The maximum atomic E-state index is 13.2. The molecule has 5 nitrogen and oxygen atoms in total. The minimum Gasteiger partial charge on any atom is -0.488 e. The summed E-state index contributed by atoms with van der Waals surface area (Å²) in [5, 5.41) is -0.350. The highest BCUT2D eigenvalue weighted by Crippen LogP contribution is 2.36. The van der Waals surface area contributed by atoms with Crippen molar-refractivity contribution in [1.82, 2.24) is 4.90 Å². The highest BCUT2D eigenvalue weighted by atomic mass is 32.2. The zero-order chi connectivity index (χ0) is 24.8. The van der Waals surface area contributed by atoms with E-state index in [-0.39, 0.29) is 23.5 Å². The van der Waals surface area contributed by atoms with Gasteiger partial charge in [-0.05, 0) is 67.1 Å². The fourth-order valence-corrected chi connectivity index (χ4v) is 4.67. The molecule has 180 valence electrons. The van der Waals surface area contributed by atoms with E-state index in [0.29, 0.717) is 22.8 Å². The monoisotopic (exact) mass is 490 g/mol. The topological polar surface area (TPSA) is 49.9 Å². The van der Waals surface area contributed by atoms with Gasteiger partial charge in [0.25, 0.3) is 11.1 Å². The molecule has 4 rings (SSSR count). The van der Waals surface area contributed by atoms with Crippen LogP contribution in [0.2, 0.25) is 0 Å². The van der Waals surface area contributed by atoms with Crippen LogP contribution in [0, 0.1) is 5.82 Å². The fourth-order valence-electron chi connectivity index (χ4n) is 3.84. The number of halogens is 1. The normalized spacial score (nSPS) is 14.6. The van der Waals surface area contributed by atoms with E-state index >= 15 is 0 Å². The van der Waals surface area contributed by atoms with Gasteiger partial charge in [-0.2, -0.15) is 0 Å². The van der Waals surface area contributed by atoms with Gasteiger partial charge in [-0.1, -0.05) is 42.5 Å². The maximum absolute atomic E-state index is 13.2. The average molecular weight is 491 g/mol. The van der Waals surface area contributed by atoms with Crippen molar-refractivity contribution in [3.8, 4) is 5.75 Å². The number of benzene rings is 3. The molecule has 0 N–H and O–H groups in total. The Balaban J connectivity index is 1.60.